The maximum Gasteiger partial charge on any atom is 0.108 e. The van der Waals surface area contributed by atoms with E-state index in [0.29, 0.717) is 6.04 Å². The number of nitrogens with zero attached hydrogens (tertiary/aromatic N) is 2. The molecule has 0 bridgehead atoms. The molecule has 0 aliphatic carbocycles. The van der Waals surface area contributed by atoms with Crippen molar-refractivity contribution in [3.63, 3.8) is 0 Å². The van der Waals surface area contributed by atoms with Crippen molar-refractivity contribution in [1.82, 2.24) is 14.9 Å². The van der Waals surface area contributed by atoms with Crippen LogP contribution in [0.25, 0.3) is 0 Å². The molecule has 1 aromatic carbocycles. The second-order valence-corrected chi connectivity index (χ2v) is 6.18. The SMILES string of the molecule is CCCNC(CCc1nccn1C)c1ccccc1I. The van der Waals surface area contributed by atoms with Gasteiger partial charge in [0.1, 0.15) is 5.82 Å². The molecule has 0 amide bonds. The number of aryl methyl sites for hydroxylation is 2. The molecular weight excluding hydrogens is 361 g/mol. The molecule has 1 atom stereocenters. The van der Waals surface area contributed by atoms with Crippen LogP contribution >= 0.6 is 22.6 Å². The third-order valence-corrected chi connectivity index (χ3v) is 4.48. The minimum atomic E-state index is 0.403. The van der Waals surface area contributed by atoms with Crippen LogP contribution in [0.2, 0.25) is 0 Å². The lowest BCUT2D eigenvalue weighted by molar-refractivity contribution is 0.489. The summed E-state index contributed by atoms with van der Waals surface area (Å²) in [6.07, 6.45) is 7.11. The lowest BCUT2D eigenvalue weighted by Gasteiger charge is -2.20. The van der Waals surface area contributed by atoms with Gasteiger partial charge in [-0.3, -0.25) is 0 Å². The Bertz CT molecular complexity index is 536. The topological polar surface area (TPSA) is 29.9 Å². The monoisotopic (exact) mass is 383 g/mol. The van der Waals surface area contributed by atoms with Crippen LogP contribution in [0.4, 0.5) is 0 Å². The zero-order chi connectivity index (χ0) is 14.4. The van der Waals surface area contributed by atoms with E-state index in [1.54, 1.807) is 0 Å². The molecule has 2 aromatic rings. The summed E-state index contributed by atoms with van der Waals surface area (Å²) < 4.78 is 3.44. The molecule has 2 rings (SSSR count). The van der Waals surface area contributed by atoms with Crippen LogP contribution in [0, 0.1) is 3.57 Å². The molecule has 4 heteroatoms. The second-order valence-electron chi connectivity index (χ2n) is 5.02. The number of hydrogen-bond acceptors (Lipinski definition) is 2. The van der Waals surface area contributed by atoms with Gasteiger partial charge in [0.15, 0.2) is 0 Å². The van der Waals surface area contributed by atoms with Crippen molar-refractivity contribution < 1.29 is 0 Å². The molecule has 0 aliphatic rings. The summed E-state index contributed by atoms with van der Waals surface area (Å²) in [6.45, 7) is 3.26. The Labute approximate surface area is 134 Å². The fraction of sp³-hybridized carbons (Fsp3) is 0.438. The van der Waals surface area contributed by atoms with Gasteiger partial charge >= 0.3 is 0 Å². The zero-order valence-corrected chi connectivity index (χ0v) is 14.3. The van der Waals surface area contributed by atoms with Crippen molar-refractivity contribution in [1.29, 1.82) is 0 Å². The first kappa shape index (κ1) is 15.5. The molecule has 0 radical (unpaired) electrons. The fourth-order valence-electron chi connectivity index (χ4n) is 2.35. The first-order valence-corrected chi connectivity index (χ1v) is 8.24. The maximum absolute atomic E-state index is 4.42. The molecule has 1 heterocycles. The Hall–Kier alpha value is -0.880. The highest BCUT2D eigenvalue weighted by Gasteiger charge is 2.14. The minimum absolute atomic E-state index is 0.403. The van der Waals surface area contributed by atoms with E-state index in [-0.39, 0.29) is 0 Å². The summed E-state index contributed by atoms with van der Waals surface area (Å²) in [5, 5.41) is 3.67. The quantitative estimate of drug-likeness (QED) is 0.739. The van der Waals surface area contributed by atoms with Gasteiger partial charge in [0, 0.05) is 35.5 Å². The first-order chi connectivity index (χ1) is 9.72. The smallest absolute Gasteiger partial charge is 0.108 e. The van der Waals surface area contributed by atoms with Gasteiger partial charge in [-0.15, -0.1) is 0 Å². The van der Waals surface area contributed by atoms with E-state index < -0.39 is 0 Å². The lowest BCUT2D eigenvalue weighted by atomic mass is 10.0. The van der Waals surface area contributed by atoms with E-state index in [2.05, 4.69) is 75.7 Å². The van der Waals surface area contributed by atoms with Gasteiger partial charge in [-0.05, 0) is 53.6 Å². The molecule has 20 heavy (non-hydrogen) atoms. The Morgan fingerprint density at radius 1 is 1.35 bits per heavy atom. The Morgan fingerprint density at radius 3 is 2.80 bits per heavy atom. The molecule has 0 spiro atoms. The van der Waals surface area contributed by atoms with E-state index in [9.17, 15) is 0 Å². The molecule has 0 saturated carbocycles. The predicted molar refractivity (Wildman–Crippen MR) is 91.7 cm³/mol. The largest absolute Gasteiger partial charge is 0.338 e. The van der Waals surface area contributed by atoms with Crippen molar-refractivity contribution in [2.75, 3.05) is 6.54 Å². The van der Waals surface area contributed by atoms with Crippen molar-refractivity contribution >= 4 is 22.6 Å². The number of halogens is 1. The zero-order valence-electron chi connectivity index (χ0n) is 12.1. The number of rotatable bonds is 7. The molecule has 0 fully saturated rings. The number of hydrogen-bond donors (Lipinski definition) is 1. The standard InChI is InChI=1S/C16H22IN3/c1-3-10-18-15(13-6-4-5-7-14(13)17)8-9-16-19-11-12-20(16)2/h4-7,11-12,15,18H,3,8-10H2,1-2H3. The van der Waals surface area contributed by atoms with Gasteiger partial charge in [-0.25, -0.2) is 4.98 Å². The second kappa shape index (κ2) is 7.78. The van der Waals surface area contributed by atoms with Crippen molar-refractivity contribution in [3.05, 3.63) is 51.6 Å². The van der Waals surface area contributed by atoms with Crippen molar-refractivity contribution in [3.8, 4) is 0 Å². The normalized spacial score (nSPS) is 12.6. The van der Waals surface area contributed by atoms with Gasteiger partial charge in [0.05, 0.1) is 0 Å². The molecule has 1 unspecified atom stereocenters. The summed E-state index contributed by atoms with van der Waals surface area (Å²) in [7, 11) is 2.06. The Morgan fingerprint density at radius 2 is 2.15 bits per heavy atom. The maximum atomic E-state index is 4.42. The molecule has 0 aliphatic heterocycles. The highest BCUT2D eigenvalue weighted by Crippen LogP contribution is 2.23. The van der Waals surface area contributed by atoms with Gasteiger partial charge in [0.25, 0.3) is 0 Å². The molecule has 1 N–H and O–H groups in total. The van der Waals surface area contributed by atoms with Crippen LogP contribution in [0.5, 0.6) is 0 Å². The van der Waals surface area contributed by atoms with Gasteiger partial charge in [-0.1, -0.05) is 25.1 Å². The molecule has 108 valence electrons. The summed E-state index contributed by atoms with van der Waals surface area (Å²) in [5.41, 5.74) is 1.40. The van der Waals surface area contributed by atoms with Crippen LogP contribution in [-0.2, 0) is 13.5 Å². The van der Waals surface area contributed by atoms with Crippen LogP contribution in [0.1, 0.15) is 37.2 Å². The van der Waals surface area contributed by atoms with Gasteiger partial charge in [-0.2, -0.15) is 0 Å². The average molecular weight is 383 g/mol. The van der Waals surface area contributed by atoms with E-state index in [1.165, 1.54) is 9.13 Å². The van der Waals surface area contributed by atoms with Crippen molar-refractivity contribution in [2.24, 2.45) is 7.05 Å². The lowest BCUT2D eigenvalue weighted by Crippen LogP contribution is -2.23. The summed E-state index contributed by atoms with van der Waals surface area (Å²) >= 11 is 2.43. The summed E-state index contributed by atoms with van der Waals surface area (Å²) in [6, 6.07) is 9.03. The van der Waals surface area contributed by atoms with E-state index in [0.717, 1.165) is 31.6 Å². The minimum Gasteiger partial charge on any atom is -0.338 e. The highest BCUT2D eigenvalue weighted by atomic mass is 127. The Balaban J connectivity index is 2.08. The number of nitrogens with one attached hydrogen (secondary N) is 1. The van der Waals surface area contributed by atoms with Crippen LogP contribution in [0.15, 0.2) is 36.7 Å². The number of benzene rings is 1. The van der Waals surface area contributed by atoms with Gasteiger partial charge in [0.2, 0.25) is 0 Å². The Kier molecular flexibility index (Phi) is 6.04. The summed E-state index contributed by atoms with van der Waals surface area (Å²) in [5.74, 6) is 1.15. The predicted octanol–water partition coefficient (Wildman–Crippen LogP) is 3.70. The summed E-state index contributed by atoms with van der Waals surface area (Å²) in [4.78, 5) is 4.42. The van der Waals surface area contributed by atoms with E-state index >= 15 is 0 Å². The number of aromatic nitrogens is 2. The number of imidazole rings is 1. The first-order valence-electron chi connectivity index (χ1n) is 7.16. The van der Waals surface area contributed by atoms with Crippen LogP contribution in [0.3, 0.4) is 0 Å². The van der Waals surface area contributed by atoms with E-state index in [4.69, 9.17) is 0 Å². The molecule has 0 saturated heterocycles. The van der Waals surface area contributed by atoms with Gasteiger partial charge < -0.3 is 9.88 Å². The van der Waals surface area contributed by atoms with E-state index in [1.807, 2.05) is 12.4 Å². The third kappa shape index (κ3) is 4.06. The highest BCUT2D eigenvalue weighted by molar-refractivity contribution is 14.1. The molecule has 3 nitrogen and oxygen atoms in total. The molecule has 1 aromatic heterocycles. The average Bonchev–Trinajstić information content (AvgIpc) is 2.86. The van der Waals surface area contributed by atoms with Crippen LogP contribution in [-0.4, -0.2) is 16.1 Å². The fourth-order valence-corrected chi connectivity index (χ4v) is 3.12. The third-order valence-electron chi connectivity index (χ3n) is 3.50. The molecular formula is C16H22IN3. The van der Waals surface area contributed by atoms with Crippen LogP contribution < -0.4 is 5.32 Å². The van der Waals surface area contributed by atoms with Crippen molar-refractivity contribution in [2.45, 2.75) is 32.2 Å².